The van der Waals surface area contributed by atoms with Gasteiger partial charge in [0.15, 0.2) is 6.10 Å². The molecule has 0 saturated heterocycles. The van der Waals surface area contributed by atoms with Gasteiger partial charge < -0.3 is 18.9 Å². The number of nitrogens with zero attached hydrogens (tertiary/aromatic N) is 1. The minimum Gasteiger partial charge on any atom is -0.462 e. The Morgan fingerprint density at radius 2 is 0.982 bits per heavy atom. The minimum atomic E-state index is -4.39. The van der Waals surface area contributed by atoms with Gasteiger partial charge in [-0.2, -0.15) is 0 Å². The zero-order valence-corrected chi connectivity index (χ0v) is 37.8. The Morgan fingerprint density at radius 3 is 1.48 bits per heavy atom. The van der Waals surface area contributed by atoms with Crippen LogP contribution >= 0.6 is 7.82 Å². The first kappa shape index (κ1) is 54.2. The van der Waals surface area contributed by atoms with E-state index in [-0.39, 0.29) is 32.0 Å². The first-order valence-electron chi connectivity index (χ1n) is 22.7. The fourth-order valence-electron chi connectivity index (χ4n) is 6.09. The second-order valence-electron chi connectivity index (χ2n) is 16.4. The largest absolute Gasteiger partial charge is 0.472 e. The van der Waals surface area contributed by atoms with Crippen molar-refractivity contribution in [3.63, 3.8) is 0 Å². The van der Waals surface area contributed by atoms with E-state index in [4.69, 9.17) is 18.5 Å². The third-order valence-electron chi connectivity index (χ3n) is 9.67. The van der Waals surface area contributed by atoms with Crippen LogP contribution in [0.2, 0.25) is 0 Å². The average Bonchev–Trinajstić information content (AvgIpc) is 3.15. The molecule has 0 aliphatic carbocycles. The van der Waals surface area contributed by atoms with E-state index in [0.717, 1.165) is 44.9 Å². The molecule has 0 amide bonds. The number of esters is 2. The molecule has 0 spiro atoms. The molecule has 0 aromatic rings. The van der Waals surface area contributed by atoms with Crippen molar-refractivity contribution in [1.29, 1.82) is 0 Å². The van der Waals surface area contributed by atoms with Gasteiger partial charge in [-0.1, -0.05) is 172 Å². The molecule has 0 aliphatic rings. The fourth-order valence-corrected chi connectivity index (χ4v) is 6.83. The summed E-state index contributed by atoms with van der Waals surface area (Å²) in [7, 11) is 1.45. The second-order valence-corrected chi connectivity index (χ2v) is 17.9. The molecule has 0 aromatic carbocycles. The van der Waals surface area contributed by atoms with Gasteiger partial charge in [0.05, 0.1) is 27.7 Å². The number of unbranched alkanes of at least 4 members (excludes halogenated alkanes) is 21. The van der Waals surface area contributed by atoms with E-state index in [1.54, 1.807) is 0 Å². The molecule has 56 heavy (non-hydrogen) atoms. The number of allylic oxidation sites excluding steroid dienone is 6. The molecule has 1 N–H and O–H groups in total. The van der Waals surface area contributed by atoms with Crippen LogP contribution in [0.25, 0.3) is 0 Å². The summed E-state index contributed by atoms with van der Waals surface area (Å²) >= 11 is 0. The lowest BCUT2D eigenvalue weighted by atomic mass is 10.0. The number of phosphoric acid groups is 1. The topological polar surface area (TPSA) is 108 Å². The highest BCUT2D eigenvalue weighted by atomic mass is 31.2. The molecule has 10 heteroatoms. The van der Waals surface area contributed by atoms with Gasteiger partial charge >= 0.3 is 19.8 Å². The Morgan fingerprint density at radius 1 is 0.554 bits per heavy atom. The molecule has 1 unspecified atom stereocenters. The number of carbonyl (C=O) groups is 2. The molecule has 328 valence electrons. The summed E-state index contributed by atoms with van der Waals surface area (Å²) in [6.45, 7) is 4.37. The Kier molecular flexibility index (Phi) is 37.5. The second kappa shape index (κ2) is 38.7. The van der Waals surface area contributed by atoms with Gasteiger partial charge in [-0.3, -0.25) is 18.6 Å². The van der Waals surface area contributed by atoms with Crippen molar-refractivity contribution >= 4 is 19.8 Å². The Balaban J connectivity index is 4.42. The van der Waals surface area contributed by atoms with Crippen LogP contribution in [0.1, 0.15) is 194 Å². The number of phosphoric ester groups is 1. The molecule has 0 fully saturated rings. The number of rotatable bonds is 41. The van der Waals surface area contributed by atoms with Crippen molar-refractivity contribution < 1.29 is 42.1 Å². The third-order valence-corrected chi connectivity index (χ3v) is 10.7. The van der Waals surface area contributed by atoms with Crippen LogP contribution in [0.3, 0.4) is 0 Å². The predicted molar refractivity (Wildman–Crippen MR) is 234 cm³/mol. The van der Waals surface area contributed by atoms with E-state index >= 15 is 0 Å². The van der Waals surface area contributed by atoms with Crippen LogP contribution in [0.4, 0.5) is 0 Å². The van der Waals surface area contributed by atoms with Crippen LogP contribution in [0.15, 0.2) is 36.5 Å². The van der Waals surface area contributed by atoms with Crippen LogP contribution in [-0.2, 0) is 32.7 Å². The van der Waals surface area contributed by atoms with E-state index in [9.17, 15) is 19.0 Å². The molecule has 0 aromatic heterocycles. The smallest absolute Gasteiger partial charge is 0.462 e. The summed E-state index contributed by atoms with van der Waals surface area (Å²) in [4.78, 5) is 35.3. The van der Waals surface area contributed by atoms with Crippen molar-refractivity contribution in [2.75, 3.05) is 47.5 Å². The zero-order valence-electron chi connectivity index (χ0n) is 36.9. The van der Waals surface area contributed by atoms with Crippen LogP contribution < -0.4 is 0 Å². The molecular weight excluding hydrogens is 725 g/mol. The quantitative estimate of drug-likeness (QED) is 0.0214. The summed E-state index contributed by atoms with van der Waals surface area (Å²) in [5, 5.41) is 0. The monoisotopic (exact) mass is 813 g/mol. The maximum absolute atomic E-state index is 12.7. The normalized spacial score (nSPS) is 13.9. The molecule has 0 heterocycles. The highest BCUT2D eigenvalue weighted by Crippen LogP contribution is 2.43. The maximum atomic E-state index is 12.7. The fraction of sp³-hybridized carbons (Fsp3) is 0.826. The number of hydrogen-bond donors (Lipinski definition) is 1. The summed E-state index contributed by atoms with van der Waals surface area (Å²) in [5.41, 5.74) is 0. The standard InChI is InChI=1S/C46H86NO8P/c1-6-8-10-12-14-16-18-20-22-23-25-27-29-31-33-35-37-39-46(49)55-44(43-54-56(50,51)53-41-40-47(3,4)5)42-52-45(48)38-36-34-32-30-28-26-24-21-19-17-15-13-11-9-7-2/h20,22,25,27,31,33,44H,6-19,21,23-24,26,28-30,32,34-43H2,1-5H3/p+1/b22-20+,27-25+,33-31+/t44-/m1/s1. The number of carbonyl (C=O) groups excluding carboxylic acids is 2. The molecule has 9 nitrogen and oxygen atoms in total. The summed E-state index contributed by atoms with van der Waals surface area (Å²) in [5.74, 6) is -0.854. The molecular formula is C46H87NO8P+. The number of quaternary nitrogens is 1. The predicted octanol–water partition coefficient (Wildman–Crippen LogP) is 12.9. The van der Waals surface area contributed by atoms with Crippen LogP contribution in [0, 0.1) is 0 Å². The van der Waals surface area contributed by atoms with E-state index in [1.165, 1.54) is 116 Å². The van der Waals surface area contributed by atoms with Crippen molar-refractivity contribution in [2.24, 2.45) is 0 Å². The Hall–Kier alpha value is -1.77. The SMILES string of the molecule is CCCCCCCC/C=C/C/C=C/C/C=C/CCCC(=O)O[C@H](COC(=O)CCCCCCCCCCCCCCCCC)COP(=O)(O)OCC[N+](C)(C)C. The third kappa shape index (κ3) is 41.9. The Bertz CT molecular complexity index is 1050. The number of likely N-dealkylation sites (N-methyl/N-ethyl adjacent to an activating group) is 1. The zero-order chi connectivity index (χ0) is 41.4. The van der Waals surface area contributed by atoms with Gasteiger partial charge in [-0.15, -0.1) is 0 Å². The van der Waals surface area contributed by atoms with Crippen molar-refractivity contribution in [1.82, 2.24) is 0 Å². The lowest BCUT2D eigenvalue weighted by molar-refractivity contribution is -0.870. The minimum absolute atomic E-state index is 0.0235. The van der Waals surface area contributed by atoms with Crippen molar-refractivity contribution in [3.8, 4) is 0 Å². The van der Waals surface area contributed by atoms with Gasteiger partial charge in [0.1, 0.15) is 19.8 Å². The van der Waals surface area contributed by atoms with E-state index in [0.29, 0.717) is 17.4 Å². The summed E-state index contributed by atoms with van der Waals surface area (Å²) in [6.07, 6.45) is 43.4. The Labute approximate surface area is 344 Å². The summed E-state index contributed by atoms with van der Waals surface area (Å²) < 4.78 is 34.3. The van der Waals surface area contributed by atoms with Gasteiger partial charge in [-0.25, -0.2) is 4.57 Å². The molecule has 0 aliphatic heterocycles. The maximum Gasteiger partial charge on any atom is 0.472 e. The first-order valence-corrected chi connectivity index (χ1v) is 24.2. The molecule has 0 saturated carbocycles. The number of hydrogen-bond acceptors (Lipinski definition) is 7. The molecule has 2 atom stereocenters. The summed E-state index contributed by atoms with van der Waals surface area (Å²) in [6, 6.07) is 0. The first-order chi connectivity index (χ1) is 27.0. The lowest BCUT2D eigenvalue weighted by Gasteiger charge is -2.24. The van der Waals surface area contributed by atoms with Gasteiger partial charge in [0, 0.05) is 12.8 Å². The van der Waals surface area contributed by atoms with E-state index in [2.05, 4.69) is 50.3 Å². The highest BCUT2D eigenvalue weighted by Gasteiger charge is 2.27. The number of ether oxygens (including phenoxy) is 2. The van der Waals surface area contributed by atoms with E-state index < -0.39 is 26.5 Å². The molecule has 0 rings (SSSR count). The van der Waals surface area contributed by atoms with Gasteiger partial charge in [0.25, 0.3) is 0 Å². The molecule has 0 radical (unpaired) electrons. The van der Waals surface area contributed by atoms with Gasteiger partial charge in [-0.05, 0) is 44.9 Å². The highest BCUT2D eigenvalue weighted by molar-refractivity contribution is 7.47. The average molecular weight is 813 g/mol. The van der Waals surface area contributed by atoms with E-state index in [1.807, 2.05) is 21.1 Å². The van der Waals surface area contributed by atoms with Crippen LogP contribution in [-0.4, -0.2) is 74.9 Å². The van der Waals surface area contributed by atoms with Gasteiger partial charge in [0.2, 0.25) is 0 Å². The lowest BCUT2D eigenvalue weighted by Crippen LogP contribution is -2.37. The van der Waals surface area contributed by atoms with Crippen molar-refractivity contribution in [3.05, 3.63) is 36.5 Å². The molecule has 0 bridgehead atoms. The van der Waals surface area contributed by atoms with Crippen molar-refractivity contribution in [2.45, 2.75) is 200 Å². The van der Waals surface area contributed by atoms with Crippen LogP contribution in [0.5, 0.6) is 0 Å².